The van der Waals surface area contributed by atoms with Gasteiger partial charge in [0.15, 0.2) is 5.82 Å². The second kappa shape index (κ2) is 7.23. The zero-order chi connectivity index (χ0) is 17.9. The first-order valence-corrected chi connectivity index (χ1v) is 7.52. The number of nitrogens with two attached hydrogens (primary N) is 1. The largest absolute Gasteiger partial charge is 0.507 e. The fourth-order valence-corrected chi connectivity index (χ4v) is 2.09. The number of halogens is 4. The Morgan fingerprint density at radius 2 is 2.08 bits per heavy atom. The van der Waals surface area contributed by atoms with Crippen LogP contribution in [0.15, 0.2) is 24.4 Å². The molecule has 0 saturated heterocycles. The number of aromatic hydroxyl groups is 1. The number of anilines is 1. The molecule has 1 aromatic carbocycles. The summed E-state index contributed by atoms with van der Waals surface area (Å²) >= 11 is 5.85. The molecule has 0 aliphatic carbocycles. The Morgan fingerprint density at radius 1 is 1.38 bits per heavy atom. The average molecular weight is 361 g/mol. The zero-order valence-electron chi connectivity index (χ0n) is 12.7. The zero-order valence-corrected chi connectivity index (χ0v) is 13.5. The number of rotatable bonds is 5. The Kier molecular flexibility index (Phi) is 5.51. The number of aromatic nitrogens is 2. The van der Waals surface area contributed by atoms with Crippen molar-refractivity contribution in [3.8, 4) is 17.1 Å². The quantitative estimate of drug-likeness (QED) is 0.757. The van der Waals surface area contributed by atoms with E-state index in [0.29, 0.717) is 17.6 Å². The minimum Gasteiger partial charge on any atom is -0.507 e. The molecule has 0 aliphatic rings. The van der Waals surface area contributed by atoms with Crippen LogP contribution in [-0.4, -0.2) is 27.7 Å². The van der Waals surface area contributed by atoms with E-state index in [1.165, 1.54) is 18.2 Å². The second-order valence-electron chi connectivity index (χ2n) is 5.16. The van der Waals surface area contributed by atoms with Crippen molar-refractivity contribution in [1.82, 2.24) is 9.97 Å². The molecule has 1 atom stereocenters. The summed E-state index contributed by atoms with van der Waals surface area (Å²) in [7, 11) is 0. The average Bonchev–Trinajstić information content (AvgIpc) is 2.53. The summed E-state index contributed by atoms with van der Waals surface area (Å²) in [6.07, 6.45) is -3.35. The third kappa shape index (κ3) is 4.27. The number of alkyl halides is 3. The van der Waals surface area contributed by atoms with E-state index in [2.05, 4.69) is 15.3 Å². The van der Waals surface area contributed by atoms with Crippen molar-refractivity contribution in [2.75, 3.05) is 11.9 Å². The molecule has 2 rings (SSSR count). The topological polar surface area (TPSA) is 84.1 Å². The highest BCUT2D eigenvalue weighted by Crippen LogP contribution is 2.36. The maximum absolute atomic E-state index is 13.1. The molecule has 0 fully saturated rings. The van der Waals surface area contributed by atoms with Crippen LogP contribution in [-0.2, 0) is 6.18 Å². The van der Waals surface area contributed by atoms with E-state index in [-0.39, 0.29) is 29.7 Å². The molecule has 0 saturated carbocycles. The summed E-state index contributed by atoms with van der Waals surface area (Å²) in [5.41, 5.74) is 4.86. The van der Waals surface area contributed by atoms with Crippen LogP contribution in [0, 0.1) is 0 Å². The van der Waals surface area contributed by atoms with Gasteiger partial charge in [-0.3, -0.25) is 0 Å². The van der Waals surface area contributed by atoms with Crippen molar-refractivity contribution in [2.45, 2.75) is 25.6 Å². The van der Waals surface area contributed by atoms with E-state index in [0.717, 1.165) is 0 Å². The maximum atomic E-state index is 13.1. The molecule has 0 unspecified atom stereocenters. The highest BCUT2D eigenvalue weighted by Gasteiger charge is 2.35. The van der Waals surface area contributed by atoms with Gasteiger partial charge >= 0.3 is 6.18 Å². The van der Waals surface area contributed by atoms with Crippen LogP contribution in [0.3, 0.4) is 0 Å². The minimum atomic E-state index is -4.62. The molecule has 5 nitrogen and oxygen atoms in total. The summed E-state index contributed by atoms with van der Waals surface area (Å²) < 4.78 is 39.3. The summed E-state index contributed by atoms with van der Waals surface area (Å²) in [4.78, 5) is 7.61. The normalized spacial score (nSPS) is 12.9. The Labute approximate surface area is 141 Å². The monoisotopic (exact) mass is 360 g/mol. The standard InChI is InChI=1S/C15H16ClF3N4O/c1-2-9(20)6-21-14-11(15(17,18)19)7-22-13(23-14)10-5-8(16)3-4-12(10)24/h3-5,7,9,24H,2,6,20H2,1H3,(H,21,22,23)/t9-/m0/s1. The number of nitrogens with one attached hydrogen (secondary N) is 1. The third-order valence-corrected chi connectivity index (χ3v) is 3.58. The van der Waals surface area contributed by atoms with Crippen molar-refractivity contribution in [1.29, 1.82) is 0 Å². The number of hydrogen-bond acceptors (Lipinski definition) is 5. The first-order valence-electron chi connectivity index (χ1n) is 7.15. The molecule has 24 heavy (non-hydrogen) atoms. The van der Waals surface area contributed by atoms with Gasteiger partial charge < -0.3 is 16.2 Å². The number of nitrogens with zero attached hydrogens (tertiary/aromatic N) is 2. The SMILES string of the molecule is CC[C@H](N)CNc1nc(-c2cc(Cl)ccc2O)ncc1C(F)(F)F. The third-order valence-electron chi connectivity index (χ3n) is 3.35. The summed E-state index contributed by atoms with van der Waals surface area (Å²) in [5.74, 6) is -0.651. The van der Waals surface area contributed by atoms with Gasteiger partial charge in [0.05, 0.1) is 5.56 Å². The van der Waals surface area contributed by atoms with Gasteiger partial charge in [-0.1, -0.05) is 18.5 Å². The van der Waals surface area contributed by atoms with E-state index in [9.17, 15) is 18.3 Å². The van der Waals surface area contributed by atoms with Crippen molar-refractivity contribution < 1.29 is 18.3 Å². The van der Waals surface area contributed by atoms with Crippen LogP contribution in [0.1, 0.15) is 18.9 Å². The molecule has 0 amide bonds. The lowest BCUT2D eigenvalue weighted by atomic mass is 10.1. The molecule has 130 valence electrons. The van der Waals surface area contributed by atoms with Crippen LogP contribution < -0.4 is 11.1 Å². The van der Waals surface area contributed by atoms with Crippen molar-refractivity contribution in [2.24, 2.45) is 5.73 Å². The first kappa shape index (κ1) is 18.3. The van der Waals surface area contributed by atoms with E-state index >= 15 is 0 Å². The Hall–Kier alpha value is -2.06. The molecule has 0 bridgehead atoms. The van der Waals surface area contributed by atoms with E-state index in [4.69, 9.17) is 17.3 Å². The molecule has 0 radical (unpaired) electrons. The molecular formula is C15H16ClF3N4O. The van der Waals surface area contributed by atoms with E-state index in [1.54, 1.807) is 0 Å². The van der Waals surface area contributed by atoms with Gasteiger partial charge in [-0.2, -0.15) is 13.2 Å². The Bertz CT molecular complexity index is 724. The predicted octanol–water partition coefficient (Wildman–Crippen LogP) is 3.67. The van der Waals surface area contributed by atoms with Crippen LogP contribution in [0.4, 0.5) is 19.0 Å². The van der Waals surface area contributed by atoms with Gasteiger partial charge in [-0.15, -0.1) is 0 Å². The molecule has 1 heterocycles. The lowest BCUT2D eigenvalue weighted by Crippen LogP contribution is -2.29. The van der Waals surface area contributed by atoms with Gasteiger partial charge in [0.1, 0.15) is 17.1 Å². The smallest absolute Gasteiger partial charge is 0.421 e. The van der Waals surface area contributed by atoms with Crippen LogP contribution >= 0.6 is 11.6 Å². The minimum absolute atomic E-state index is 0.0735. The number of phenols is 1. The molecule has 1 aromatic heterocycles. The van der Waals surface area contributed by atoms with Gasteiger partial charge in [0, 0.05) is 23.8 Å². The lowest BCUT2D eigenvalue weighted by molar-refractivity contribution is -0.137. The molecule has 9 heteroatoms. The Balaban J connectivity index is 2.47. The maximum Gasteiger partial charge on any atom is 0.421 e. The number of phenolic OH excluding ortho intramolecular Hbond substituents is 1. The van der Waals surface area contributed by atoms with Gasteiger partial charge in [0.2, 0.25) is 0 Å². The van der Waals surface area contributed by atoms with Gasteiger partial charge in [-0.05, 0) is 24.6 Å². The first-order chi connectivity index (χ1) is 11.2. The van der Waals surface area contributed by atoms with Crippen LogP contribution in [0.2, 0.25) is 5.02 Å². The number of hydrogen-bond donors (Lipinski definition) is 3. The molecular weight excluding hydrogens is 345 g/mol. The summed E-state index contributed by atoms with van der Waals surface area (Å²) in [6, 6.07) is 3.83. The molecule has 0 aliphatic heterocycles. The van der Waals surface area contributed by atoms with Crippen molar-refractivity contribution in [3.05, 3.63) is 35.0 Å². The van der Waals surface area contributed by atoms with Gasteiger partial charge in [-0.25, -0.2) is 9.97 Å². The molecule has 4 N–H and O–H groups in total. The van der Waals surface area contributed by atoms with Gasteiger partial charge in [0.25, 0.3) is 0 Å². The molecule has 0 spiro atoms. The second-order valence-corrected chi connectivity index (χ2v) is 5.60. The highest BCUT2D eigenvalue weighted by molar-refractivity contribution is 6.30. The number of benzene rings is 1. The predicted molar refractivity (Wildman–Crippen MR) is 85.9 cm³/mol. The summed E-state index contributed by atoms with van der Waals surface area (Å²) in [5, 5.41) is 12.8. The van der Waals surface area contributed by atoms with Crippen LogP contribution in [0.5, 0.6) is 5.75 Å². The molecule has 2 aromatic rings. The van der Waals surface area contributed by atoms with E-state index < -0.39 is 17.6 Å². The fraction of sp³-hybridized carbons (Fsp3) is 0.333. The fourth-order valence-electron chi connectivity index (χ4n) is 1.91. The van der Waals surface area contributed by atoms with Crippen molar-refractivity contribution >= 4 is 17.4 Å². The lowest BCUT2D eigenvalue weighted by Gasteiger charge is -2.16. The van der Waals surface area contributed by atoms with E-state index in [1.807, 2.05) is 6.92 Å². The van der Waals surface area contributed by atoms with Crippen LogP contribution in [0.25, 0.3) is 11.4 Å². The highest BCUT2D eigenvalue weighted by atomic mass is 35.5. The Morgan fingerprint density at radius 3 is 2.71 bits per heavy atom. The van der Waals surface area contributed by atoms with Crippen molar-refractivity contribution in [3.63, 3.8) is 0 Å². The summed E-state index contributed by atoms with van der Waals surface area (Å²) in [6.45, 7) is 1.95.